The van der Waals surface area contributed by atoms with E-state index in [9.17, 15) is 5.11 Å². The molecule has 0 saturated heterocycles. The number of hydrogen-bond donors (Lipinski definition) is 2. The summed E-state index contributed by atoms with van der Waals surface area (Å²) in [5, 5.41) is 16.9. The summed E-state index contributed by atoms with van der Waals surface area (Å²) < 4.78 is 1.96. The predicted molar refractivity (Wildman–Crippen MR) is 68.1 cm³/mol. The van der Waals surface area contributed by atoms with Crippen LogP contribution in [0.4, 0.5) is 5.69 Å². The lowest BCUT2D eigenvalue weighted by Gasteiger charge is -2.10. The highest BCUT2D eigenvalue weighted by Crippen LogP contribution is 2.20. The number of phenolic OH excluding ortho intramolecular Hbond substituents is 1. The van der Waals surface area contributed by atoms with E-state index in [2.05, 4.69) is 17.3 Å². The number of anilines is 1. The number of aromatic hydroxyl groups is 1. The lowest BCUT2D eigenvalue weighted by Crippen LogP contribution is -2.08. The SMILES string of the molecule is CCn1nccc1CNc1ccc(O)cc1C. The molecule has 2 aromatic rings. The molecule has 1 aromatic heterocycles. The van der Waals surface area contributed by atoms with Crippen molar-refractivity contribution in [1.82, 2.24) is 9.78 Å². The summed E-state index contributed by atoms with van der Waals surface area (Å²) in [4.78, 5) is 0. The topological polar surface area (TPSA) is 50.1 Å². The first kappa shape index (κ1) is 11.5. The van der Waals surface area contributed by atoms with Crippen LogP contribution in [0.25, 0.3) is 0 Å². The van der Waals surface area contributed by atoms with Crippen LogP contribution in [0.5, 0.6) is 5.75 Å². The normalized spacial score (nSPS) is 10.5. The first-order chi connectivity index (χ1) is 8.20. The molecule has 0 aliphatic rings. The maximum absolute atomic E-state index is 9.33. The van der Waals surface area contributed by atoms with Crippen molar-refractivity contribution in [3.63, 3.8) is 0 Å². The van der Waals surface area contributed by atoms with Crippen LogP contribution >= 0.6 is 0 Å². The Morgan fingerprint density at radius 1 is 1.35 bits per heavy atom. The van der Waals surface area contributed by atoms with Gasteiger partial charge in [0.05, 0.1) is 12.2 Å². The fourth-order valence-corrected chi connectivity index (χ4v) is 1.83. The number of benzene rings is 1. The van der Waals surface area contributed by atoms with Gasteiger partial charge in [0.15, 0.2) is 0 Å². The van der Waals surface area contributed by atoms with Crippen molar-refractivity contribution >= 4 is 5.69 Å². The van der Waals surface area contributed by atoms with E-state index < -0.39 is 0 Å². The van der Waals surface area contributed by atoms with Gasteiger partial charge in [-0.1, -0.05) is 0 Å². The monoisotopic (exact) mass is 231 g/mol. The summed E-state index contributed by atoms with van der Waals surface area (Å²) in [7, 11) is 0. The molecule has 0 atom stereocenters. The van der Waals surface area contributed by atoms with Crippen LogP contribution in [-0.4, -0.2) is 14.9 Å². The van der Waals surface area contributed by atoms with E-state index in [0.29, 0.717) is 5.75 Å². The second kappa shape index (κ2) is 4.91. The standard InChI is InChI=1S/C13H17N3O/c1-3-16-11(6-7-15-16)9-14-13-5-4-12(17)8-10(13)2/h4-8,14,17H,3,9H2,1-2H3. The van der Waals surface area contributed by atoms with Gasteiger partial charge in [-0.15, -0.1) is 0 Å². The Morgan fingerprint density at radius 2 is 2.18 bits per heavy atom. The van der Waals surface area contributed by atoms with Crippen LogP contribution in [0.1, 0.15) is 18.2 Å². The molecule has 17 heavy (non-hydrogen) atoms. The average Bonchev–Trinajstić information content (AvgIpc) is 2.75. The number of nitrogens with one attached hydrogen (secondary N) is 1. The quantitative estimate of drug-likeness (QED) is 0.795. The molecule has 0 fully saturated rings. The molecule has 0 radical (unpaired) electrons. The average molecular weight is 231 g/mol. The van der Waals surface area contributed by atoms with Crippen LogP contribution in [0.15, 0.2) is 30.5 Å². The van der Waals surface area contributed by atoms with Gasteiger partial charge in [-0.25, -0.2) is 0 Å². The number of nitrogens with zero attached hydrogens (tertiary/aromatic N) is 2. The third-order valence-electron chi connectivity index (χ3n) is 2.77. The molecule has 4 nitrogen and oxygen atoms in total. The van der Waals surface area contributed by atoms with Gasteiger partial charge < -0.3 is 10.4 Å². The van der Waals surface area contributed by atoms with E-state index in [1.54, 1.807) is 12.1 Å². The van der Waals surface area contributed by atoms with Crippen LogP contribution in [0, 0.1) is 6.92 Å². The minimum atomic E-state index is 0.298. The molecule has 2 rings (SSSR count). The number of aromatic nitrogens is 2. The van der Waals surface area contributed by atoms with Gasteiger partial charge in [0.1, 0.15) is 5.75 Å². The minimum absolute atomic E-state index is 0.298. The smallest absolute Gasteiger partial charge is 0.115 e. The van der Waals surface area contributed by atoms with Crippen molar-refractivity contribution in [2.75, 3.05) is 5.32 Å². The Hall–Kier alpha value is -1.97. The first-order valence-electron chi connectivity index (χ1n) is 5.75. The summed E-state index contributed by atoms with van der Waals surface area (Å²) in [6.07, 6.45) is 1.81. The Labute approximate surface area is 101 Å². The lowest BCUT2D eigenvalue weighted by atomic mass is 10.2. The van der Waals surface area contributed by atoms with Gasteiger partial charge in [0, 0.05) is 18.4 Å². The maximum Gasteiger partial charge on any atom is 0.115 e. The Balaban J connectivity index is 2.07. The van der Waals surface area contributed by atoms with Crippen LogP contribution < -0.4 is 5.32 Å². The zero-order valence-corrected chi connectivity index (χ0v) is 10.1. The van der Waals surface area contributed by atoms with Gasteiger partial charge in [0.25, 0.3) is 0 Å². The predicted octanol–water partition coefficient (Wildman–Crippen LogP) is 2.53. The van der Waals surface area contributed by atoms with Crippen LogP contribution in [-0.2, 0) is 13.1 Å². The number of phenols is 1. The second-order valence-electron chi connectivity index (χ2n) is 3.99. The van der Waals surface area contributed by atoms with Gasteiger partial charge >= 0.3 is 0 Å². The third kappa shape index (κ3) is 2.58. The highest BCUT2D eigenvalue weighted by Gasteiger charge is 2.02. The number of hydrogen-bond acceptors (Lipinski definition) is 3. The molecule has 0 spiro atoms. The fraction of sp³-hybridized carbons (Fsp3) is 0.308. The van der Waals surface area contributed by atoms with E-state index in [0.717, 1.165) is 30.0 Å². The van der Waals surface area contributed by atoms with Crippen molar-refractivity contribution in [2.45, 2.75) is 26.9 Å². The molecule has 0 saturated carbocycles. The van der Waals surface area contributed by atoms with E-state index >= 15 is 0 Å². The number of rotatable bonds is 4. The molecular weight excluding hydrogens is 214 g/mol. The second-order valence-corrected chi connectivity index (χ2v) is 3.99. The highest BCUT2D eigenvalue weighted by atomic mass is 16.3. The highest BCUT2D eigenvalue weighted by molar-refractivity contribution is 5.53. The molecule has 1 aromatic carbocycles. The van der Waals surface area contributed by atoms with Gasteiger partial charge in [-0.2, -0.15) is 5.10 Å². The molecule has 90 valence electrons. The van der Waals surface area contributed by atoms with Crippen molar-refractivity contribution in [3.05, 3.63) is 41.7 Å². The molecule has 1 heterocycles. The zero-order valence-electron chi connectivity index (χ0n) is 10.1. The molecule has 2 N–H and O–H groups in total. The summed E-state index contributed by atoms with van der Waals surface area (Å²) >= 11 is 0. The molecule has 0 aliphatic carbocycles. The van der Waals surface area contributed by atoms with Crippen molar-refractivity contribution in [1.29, 1.82) is 0 Å². The Kier molecular flexibility index (Phi) is 3.32. The Morgan fingerprint density at radius 3 is 2.88 bits per heavy atom. The van der Waals surface area contributed by atoms with Crippen LogP contribution in [0.2, 0.25) is 0 Å². The molecular formula is C13H17N3O. The van der Waals surface area contributed by atoms with Crippen LogP contribution in [0.3, 0.4) is 0 Å². The van der Waals surface area contributed by atoms with Crippen molar-refractivity contribution < 1.29 is 5.11 Å². The maximum atomic E-state index is 9.33. The first-order valence-corrected chi connectivity index (χ1v) is 5.75. The zero-order chi connectivity index (χ0) is 12.3. The Bertz CT molecular complexity index is 505. The summed E-state index contributed by atoms with van der Waals surface area (Å²) in [5.41, 5.74) is 3.22. The van der Waals surface area contributed by atoms with Crippen molar-refractivity contribution in [2.24, 2.45) is 0 Å². The van der Waals surface area contributed by atoms with E-state index in [4.69, 9.17) is 0 Å². The van der Waals surface area contributed by atoms with E-state index in [1.165, 1.54) is 0 Å². The van der Waals surface area contributed by atoms with Gasteiger partial charge in [-0.05, 0) is 43.7 Å². The van der Waals surface area contributed by atoms with Gasteiger partial charge in [-0.3, -0.25) is 4.68 Å². The number of aryl methyl sites for hydroxylation is 2. The summed E-state index contributed by atoms with van der Waals surface area (Å²) in [5.74, 6) is 0.298. The molecule has 0 amide bonds. The van der Waals surface area contributed by atoms with Gasteiger partial charge in [0.2, 0.25) is 0 Å². The molecule has 0 unspecified atom stereocenters. The molecule has 0 aliphatic heterocycles. The lowest BCUT2D eigenvalue weighted by molar-refractivity contribution is 0.475. The molecule has 0 bridgehead atoms. The summed E-state index contributed by atoms with van der Waals surface area (Å²) in [6.45, 7) is 5.65. The largest absolute Gasteiger partial charge is 0.508 e. The summed E-state index contributed by atoms with van der Waals surface area (Å²) in [6, 6.07) is 7.33. The third-order valence-corrected chi connectivity index (χ3v) is 2.77. The minimum Gasteiger partial charge on any atom is -0.508 e. The van der Waals surface area contributed by atoms with E-state index in [1.807, 2.05) is 29.9 Å². The molecule has 4 heteroatoms. The van der Waals surface area contributed by atoms with Crippen molar-refractivity contribution in [3.8, 4) is 5.75 Å². The van der Waals surface area contributed by atoms with E-state index in [-0.39, 0.29) is 0 Å². The fourth-order valence-electron chi connectivity index (χ4n) is 1.83.